The Morgan fingerprint density at radius 3 is 2.79 bits per heavy atom. The number of hydrogen-bond acceptors (Lipinski definition) is 4. The fraction of sp³-hybridized carbons (Fsp3) is 0.409. The molecule has 1 aliphatic carbocycles. The van der Waals surface area contributed by atoms with Crippen molar-refractivity contribution in [3.8, 4) is 5.88 Å². The van der Waals surface area contributed by atoms with Gasteiger partial charge in [-0.05, 0) is 42.5 Å². The summed E-state index contributed by atoms with van der Waals surface area (Å²) in [5, 5.41) is 4.24. The molecule has 146 valence electrons. The van der Waals surface area contributed by atoms with E-state index in [2.05, 4.69) is 21.4 Å². The quantitative estimate of drug-likeness (QED) is 0.736. The van der Waals surface area contributed by atoms with Crippen LogP contribution in [-0.4, -0.2) is 33.6 Å². The molecule has 6 heteroatoms. The van der Waals surface area contributed by atoms with E-state index in [9.17, 15) is 4.79 Å². The van der Waals surface area contributed by atoms with Crippen LogP contribution in [0.2, 0.25) is 0 Å². The molecular weight excluding hydrogens is 352 g/mol. The number of nitrogens with one attached hydrogen (secondary N) is 1. The molecule has 0 saturated heterocycles. The topological polar surface area (TPSA) is 69.0 Å². The predicted molar refractivity (Wildman–Crippen MR) is 109 cm³/mol. The Hall–Kier alpha value is -2.89. The number of nitrogens with zero attached hydrogens (tertiary/aromatic N) is 3. The molecule has 3 heterocycles. The summed E-state index contributed by atoms with van der Waals surface area (Å²) in [6.07, 6.45) is 10.2. The van der Waals surface area contributed by atoms with Crippen LogP contribution >= 0.6 is 0 Å². The summed E-state index contributed by atoms with van der Waals surface area (Å²) < 4.78 is 7.10. The van der Waals surface area contributed by atoms with Gasteiger partial charge in [0.1, 0.15) is 11.3 Å². The van der Waals surface area contributed by atoms with Crippen LogP contribution in [0.4, 0.5) is 0 Å². The zero-order valence-corrected chi connectivity index (χ0v) is 16.4. The summed E-state index contributed by atoms with van der Waals surface area (Å²) >= 11 is 0. The van der Waals surface area contributed by atoms with Crippen LogP contribution in [0.5, 0.6) is 5.88 Å². The highest BCUT2D eigenvalue weighted by molar-refractivity contribution is 5.95. The molecule has 0 atom stereocenters. The van der Waals surface area contributed by atoms with E-state index in [-0.39, 0.29) is 11.9 Å². The maximum absolute atomic E-state index is 12.9. The summed E-state index contributed by atoms with van der Waals surface area (Å²) in [6, 6.07) is 8.10. The molecule has 3 aromatic heterocycles. The van der Waals surface area contributed by atoms with E-state index in [1.54, 1.807) is 7.11 Å². The molecule has 0 bridgehead atoms. The number of hydrogen-bond donors (Lipinski definition) is 1. The Morgan fingerprint density at radius 2 is 2.07 bits per heavy atom. The average molecular weight is 378 g/mol. The third-order valence-electron chi connectivity index (χ3n) is 5.50. The Morgan fingerprint density at radius 1 is 1.25 bits per heavy atom. The van der Waals surface area contributed by atoms with Gasteiger partial charge in [-0.1, -0.05) is 25.3 Å². The fourth-order valence-electron chi connectivity index (χ4n) is 3.93. The summed E-state index contributed by atoms with van der Waals surface area (Å²) in [5.41, 5.74) is 3.45. The van der Waals surface area contributed by atoms with Crippen LogP contribution in [0.15, 0.2) is 36.7 Å². The first-order valence-corrected chi connectivity index (χ1v) is 9.89. The number of methoxy groups -OCH3 is 1. The molecule has 4 rings (SSSR count). The van der Waals surface area contributed by atoms with Gasteiger partial charge in [-0.2, -0.15) is 0 Å². The monoisotopic (exact) mass is 378 g/mol. The number of aryl methyl sites for hydroxylation is 1. The van der Waals surface area contributed by atoms with Crippen LogP contribution in [0.1, 0.15) is 53.7 Å². The highest BCUT2D eigenvalue weighted by Crippen LogP contribution is 2.23. The van der Waals surface area contributed by atoms with Gasteiger partial charge in [0.15, 0.2) is 0 Å². The Kier molecular flexibility index (Phi) is 5.28. The summed E-state index contributed by atoms with van der Waals surface area (Å²) in [6.45, 7) is 0. The van der Waals surface area contributed by atoms with Gasteiger partial charge in [-0.15, -0.1) is 0 Å². The highest BCUT2D eigenvalue weighted by atomic mass is 16.5. The lowest BCUT2D eigenvalue weighted by atomic mass is 9.95. The van der Waals surface area contributed by atoms with Crippen molar-refractivity contribution in [3.63, 3.8) is 0 Å². The van der Waals surface area contributed by atoms with E-state index < -0.39 is 0 Å². The number of carbonyl (C=O) groups excluding carboxylic acids is 1. The van der Waals surface area contributed by atoms with Crippen molar-refractivity contribution in [2.75, 3.05) is 7.11 Å². The zero-order chi connectivity index (χ0) is 19.5. The normalized spacial score (nSPS) is 14.9. The molecule has 0 aromatic carbocycles. The second-order valence-electron chi connectivity index (χ2n) is 7.52. The van der Waals surface area contributed by atoms with Gasteiger partial charge < -0.3 is 14.6 Å². The van der Waals surface area contributed by atoms with Crippen molar-refractivity contribution in [2.24, 2.45) is 7.05 Å². The van der Waals surface area contributed by atoms with E-state index in [0.29, 0.717) is 18.0 Å². The van der Waals surface area contributed by atoms with Crippen molar-refractivity contribution in [1.82, 2.24) is 19.9 Å². The molecule has 1 amide bonds. The lowest BCUT2D eigenvalue weighted by Crippen LogP contribution is -2.36. The highest BCUT2D eigenvalue weighted by Gasteiger charge is 2.19. The molecule has 1 saturated carbocycles. The van der Waals surface area contributed by atoms with E-state index >= 15 is 0 Å². The molecule has 1 aliphatic rings. The average Bonchev–Trinajstić information content (AvgIpc) is 3.10. The van der Waals surface area contributed by atoms with Gasteiger partial charge in [-0.25, -0.2) is 9.97 Å². The molecule has 3 aromatic rings. The number of rotatable bonds is 5. The van der Waals surface area contributed by atoms with Crippen molar-refractivity contribution in [2.45, 2.75) is 44.6 Å². The summed E-state index contributed by atoms with van der Waals surface area (Å²) in [7, 11) is 3.56. The molecule has 0 aliphatic heterocycles. The van der Waals surface area contributed by atoms with Crippen LogP contribution in [0.25, 0.3) is 11.0 Å². The second kappa shape index (κ2) is 8.00. The third-order valence-corrected chi connectivity index (χ3v) is 5.50. The minimum Gasteiger partial charge on any atom is -0.481 e. The van der Waals surface area contributed by atoms with Crippen LogP contribution < -0.4 is 10.1 Å². The minimum atomic E-state index is -0.0795. The first-order chi connectivity index (χ1) is 13.6. The van der Waals surface area contributed by atoms with Crippen LogP contribution in [0.3, 0.4) is 0 Å². The smallest absolute Gasteiger partial charge is 0.270 e. The second-order valence-corrected chi connectivity index (χ2v) is 7.52. The number of ether oxygens (including phenoxy) is 1. The molecule has 1 fully saturated rings. The first-order valence-electron chi connectivity index (χ1n) is 9.89. The number of aromatic nitrogens is 3. The van der Waals surface area contributed by atoms with Crippen molar-refractivity contribution >= 4 is 16.9 Å². The molecule has 0 spiro atoms. The molecule has 1 N–H and O–H groups in total. The maximum Gasteiger partial charge on any atom is 0.270 e. The summed E-state index contributed by atoms with van der Waals surface area (Å²) in [5.74, 6) is 0.514. The third kappa shape index (κ3) is 3.86. The number of carbonyl (C=O) groups is 1. The Bertz CT molecular complexity index is 972. The minimum absolute atomic E-state index is 0.0795. The first kappa shape index (κ1) is 18.5. The van der Waals surface area contributed by atoms with Crippen LogP contribution in [0, 0.1) is 0 Å². The van der Waals surface area contributed by atoms with Gasteiger partial charge in [0, 0.05) is 36.9 Å². The SMILES string of the molecule is COc1ccc(Cc2cc(C(=O)NC3CCCCC3)nc3c2ccn3C)cn1. The Labute approximate surface area is 164 Å². The van der Waals surface area contributed by atoms with Crippen LogP contribution in [-0.2, 0) is 13.5 Å². The van der Waals surface area contributed by atoms with Gasteiger partial charge in [0.05, 0.1) is 7.11 Å². The number of fused-ring (bicyclic) bond motifs is 1. The van der Waals surface area contributed by atoms with E-state index in [1.807, 2.05) is 42.2 Å². The Balaban J connectivity index is 1.63. The standard InChI is InChI=1S/C22H26N4O2/c1-26-11-10-18-16(12-15-8-9-20(28-2)23-14-15)13-19(25-21(18)26)22(27)24-17-6-4-3-5-7-17/h8-11,13-14,17H,3-7,12H2,1-2H3,(H,24,27). The molecule has 0 radical (unpaired) electrons. The molecule has 0 unspecified atom stereocenters. The van der Waals surface area contributed by atoms with Gasteiger partial charge in [0.25, 0.3) is 5.91 Å². The van der Waals surface area contributed by atoms with Crippen molar-refractivity contribution < 1.29 is 9.53 Å². The van der Waals surface area contributed by atoms with E-state index in [1.165, 1.54) is 19.3 Å². The summed E-state index contributed by atoms with van der Waals surface area (Å²) in [4.78, 5) is 21.8. The lowest BCUT2D eigenvalue weighted by Gasteiger charge is -2.22. The number of amides is 1. The largest absolute Gasteiger partial charge is 0.481 e. The number of pyridine rings is 2. The van der Waals surface area contributed by atoms with Crippen molar-refractivity contribution in [1.29, 1.82) is 0 Å². The molecular formula is C22H26N4O2. The van der Waals surface area contributed by atoms with E-state index in [4.69, 9.17) is 4.74 Å². The lowest BCUT2D eigenvalue weighted by molar-refractivity contribution is 0.0923. The fourth-order valence-corrected chi connectivity index (χ4v) is 3.93. The van der Waals surface area contributed by atoms with Gasteiger partial charge >= 0.3 is 0 Å². The predicted octanol–water partition coefficient (Wildman–Crippen LogP) is 3.63. The van der Waals surface area contributed by atoms with Crippen molar-refractivity contribution in [3.05, 3.63) is 53.5 Å². The zero-order valence-electron chi connectivity index (χ0n) is 16.4. The van der Waals surface area contributed by atoms with Gasteiger partial charge in [0.2, 0.25) is 5.88 Å². The van der Waals surface area contributed by atoms with Gasteiger partial charge in [-0.3, -0.25) is 4.79 Å². The van der Waals surface area contributed by atoms with E-state index in [0.717, 1.165) is 35.0 Å². The molecule has 28 heavy (non-hydrogen) atoms. The maximum atomic E-state index is 12.9. The molecule has 6 nitrogen and oxygen atoms in total.